The lowest BCUT2D eigenvalue weighted by Gasteiger charge is -2.15. The summed E-state index contributed by atoms with van der Waals surface area (Å²) in [6.07, 6.45) is 1.81. The second kappa shape index (κ2) is 7.45. The van der Waals surface area contributed by atoms with Gasteiger partial charge in [-0.3, -0.25) is 0 Å². The normalized spacial score (nSPS) is 15.6. The molecule has 0 bridgehead atoms. The third kappa shape index (κ3) is 3.68. The number of benzene rings is 1. The smallest absolute Gasteiger partial charge is 0.320 e. The van der Waals surface area contributed by atoms with Gasteiger partial charge in [0.05, 0.1) is 12.5 Å². The Morgan fingerprint density at radius 2 is 2.13 bits per heavy atom. The molecular weight excluding hydrogens is 450 g/mol. The number of amidine groups is 1. The van der Waals surface area contributed by atoms with E-state index in [2.05, 4.69) is 24.7 Å². The van der Waals surface area contributed by atoms with E-state index >= 15 is 0 Å². The maximum absolute atomic E-state index is 12.5. The van der Waals surface area contributed by atoms with Crippen molar-refractivity contribution in [2.24, 2.45) is 22.2 Å². The summed E-state index contributed by atoms with van der Waals surface area (Å²) in [5.74, 6) is 0.269. The number of aliphatic imine (C=N–C) groups is 1. The Labute approximate surface area is 181 Å². The lowest BCUT2D eigenvalue weighted by Crippen LogP contribution is -2.25. The van der Waals surface area contributed by atoms with Crippen LogP contribution in [0.5, 0.6) is 6.01 Å². The minimum absolute atomic E-state index is 0.0438. The van der Waals surface area contributed by atoms with Gasteiger partial charge in [-0.15, -0.1) is 4.40 Å². The van der Waals surface area contributed by atoms with Crippen LogP contribution in [0.25, 0.3) is 11.0 Å². The lowest BCUT2D eigenvalue weighted by atomic mass is 10.2. The van der Waals surface area contributed by atoms with Crippen molar-refractivity contribution >= 4 is 61.4 Å². The molecule has 2 aromatic heterocycles. The molecule has 1 aliphatic heterocycles. The van der Waals surface area contributed by atoms with Crippen LogP contribution in [0.3, 0.4) is 0 Å². The first-order chi connectivity index (χ1) is 14.2. The standard InChI is InChI=1S/C17H16ClN7O3S2/c1-8-6-12-11(7-10(8)18)29-17(24-30(12,26)27)23-15(19)20-13-9-4-5-25(2)14(9)22-16(21-13)28-3/h4-7H,1-3H3,(H3,19,20,21,22,23,24). The number of rotatable bonds is 2. The molecule has 0 radical (unpaired) electrons. The highest BCUT2D eigenvalue weighted by molar-refractivity contribution is 8.15. The summed E-state index contributed by atoms with van der Waals surface area (Å²) in [5.41, 5.74) is 7.28. The van der Waals surface area contributed by atoms with Crippen molar-refractivity contribution in [3.63, 3.8) is 0 Å². The number of hydrogen-bond donors (Lipinski definition) is 2. The number of nitrogens with one attached hydrogen (secondary N) is 1. The van der Waals surface area contributed by atoms with E-state index in [0.29, 0.717) is 32.3 Å². The van der Waals surface area contributed by atoms with Crippen molar-refractivity contribution in [2.75, 3.05) is 12.4 Å². The van der Waals surface area contributed by atoms with Gasteiger partial charge in [0, 0.05) is 23.2 Å². The van der Waals surface area contributed by atoms with Crippen LogP contribution >= 0.6 is 23.4 Å². The Balaban J connectivity index is 1.69. The van der Waals surface area contributed by atoms with Crippen molar-refractivity contribution in [1.29, 1.82) is 0 Å². The molecular formula is C17H16ClN7O3S2. The number of halogens is 1. The van der Waals surface area contributed by atoms with Crippen LogP contribution in [-0.2, 0) is 17.1 Å². The molecule has 1 aliphatic rings. The molecule has 3 heterocycles. The van der Waals surface area contributed by atoms with Crippen LogP contribution in [0.1, 0.15) is 5.56 Å². The van der Waals surface area contributed by atoms with E-state index in [-0.39, 0.29) is 22.0 Å². The van der Waals surface area contributed by atoms with Crippen molar-refractivity contribution in [2.45, 2.75) is 16.7 Å². The molecule has 4 rings (SSSR count). The number of anilines is 1. The molecule has 0 saturated carbocycles. The summed E-state index contributed by atoms with van der Waals surface area (Å²) in [6.45, 7) is 1.72. The van der Waals surface area contributed by atoms with Crippen LogP contribution in [0.4, 0.5) is 5.82 Å². The number of thioether (sulfide) groups is 1. The van der Waals surface area contributed by atoms with E-state index < -0.39 is 10.0 Å². The van der Waals surface area contributed by atoms with Crippen LogP contribution in [0.15, 0.2) is 43.6 Å². The summed E-state index contributed by atoms with van der Waals surface area (Å²) in [6, 6.07) is 5.02. The first kappa shape index (κ1) is 20.4. The molecule has 0 amide bonds. The average Bonchev–Trinajstić information content (AvgIpc) is 3.04. The summed E-state index contributed by atoms with van der Waals surface area (Å²) < 4.78 is 35.7. The zero-order valence-corrected chi connectivity index (χ0v) is 18.4. The fraction of sp³-hybridized carbons (Fsp3) is 0.176. The number of fused-ring (bicyclic) bond motifs is 2. The predicted octanol–water partition coefficient (Wildman–Crippen LogP) is 2.52. The zero-order chi connectivity index (χ0) is 21.6. The van der Waals surface area contributed by atoms with Crippen molar-refractivity contribution in [1.82, 2.24) is 14.5 Å². The van der Waals surface area contributed by atoms with E-state index in [1.165, 1.54) is 13.2 Å². The summed E-state index contributed by atoms with van der Waals surface area (Å²) in [7, 11) is -0.638. The Bertz CT molecular complexity index is 1350. The number of methoxy groups -OCH3 is 1. The SMILES string of the molecule is COc1nc(N/C(N)=N\C2=NS(=O)(=O)c3cc(C)c(Cl)cc3S2)c2ccn(C)c2n1. The molecule has 0 saturated heterocycles. The largest absolute Gasteiger partial charge is 0.467 e. The van der Waals surface area contributed by atoms with Crippen molar-refractivity contribution in [3.05, 3.63) is 35.0 Å². The van der Waals surface area contributed by atoms with Gasteiger partial charge >= 0.3 is 6.01 Å². The molecule has 0 atom stereocenters. The minimum Gasteiger partial charge on any atom is -0.467 e. The molecule has 0 unspecified atom stereocenters. The maximum atomic E-state index is 12.5. The molecule has 1 aromatic carbocycles. The Hall–Kier alpha value is -2.83. The summed E-state index contributed by atoms with van der Waals surface area (Å²) >= 11 is 7.19. The number of guanidine groups is 1. The highest BCUT2D eigenvalue weighted by Gasteiger charge is 2.27. The van der Waals surface area contributed by atoms with Crippen LogP contribution in [-0.4, -0.2) is 41.2 Å². The van der Waals surface area contributed by atoms with Gasteiger partial charge in [-0.2, -0.15) is 23.4 Å². The van der Waals surface area contributed by atoms with Gasteiger partial charge in [-0.05, 0) is 42.4 Å². The Morgan fingerprint density at radius 3 is 2.87 bits per heavy atom. The van der Waals surface area contributed by atoms with Gasteiger partial charge in [0.15, 0.2) is 0 Å². The van der Waals surface area contributed by atoms with Crippen molar-refractivity contribution in [3.8, 4) is 6.01 Å². The van der Waals surface area contributed by atoms with E-state index in [9.17, 15) is 8.42 Å². The average molecular weight is 466 g/mol. The van der Waals surface area contributed by atoms with Gasteiger partial charge in [0.2, 0.25) is 11.1 Å². The van der Waals surface area contributed by atoms with Gasteiger partial charge in [0.1, 0.15) is 16.4 Å². The molecule has 0 spiro atoms. The minimum atomic E-state index is -3.92. The highest BCUT2D eigenvalue weighted by atomic mass is 35.5. The van der Waals surface area contributed by atoms with Gasteiger partial charge in [-0.25, -0.2) is 0 Å². The summed E-state index contributed by atoms with van der Waals surface area (Å²) in [4.78, 5) is 13.2. The van der Waals surface area contributed by atoms with E-state index in [1.54, 1.807) is 17.6 Å². The topological polar surface area (TPSA) is 137 Å². The third-order valence-corrected chi connectivity index (χ3v) is 7.13. The van der Waals surface area contributed by atoms with Gasteiger partial charge in [-0.1, -0.05) is 11.6 Å². The Morgan fingerprint density at radius 1 is 1.37 bits per heavy atom. The quantitative estimate of drug-likeness (QED) is 0.435. The number of nitrogens with two attached hydrogens (primary N) is 1. The van der Waals surface area contributed by atoms with E-state index in [1.807, 2.05) is 19.3 Å². The molecule has 156 valence electrons. The summed E-state index contributed by atoms with van der Waals surface area (Å²) in [5, 5.41) is 3.96. The molecule has 10 nitrogen and oxygen atoms in total. The van der Waals surface area contributed by atoms with Crippen LogP contribution in [0, 0.1) is 6.92 Å². The second-order valence-electron chi connectivity index (χ2n) is 6.34. The highest BCUT2D eigenvalue weighted by Crippen LogP contribution is 2.37. The fourth-order valence-electron chi connectivity index (χ4n) is 2.79. The molecule has 0 fully saturated rings. The monoisotopic (exact) mass is 465 g/mol. The molecule has 0 aliphatic carbocycles. The zero-order valence-electron chi connectivity index (χ0n) is 16.0. The fourth-order valence-corrected chi connectivity index (χ4v) is 5.56. The maximum Gasteiger partial charge on any atom is 0.320 e. The van der Waals surface area contributed by atoms with Crippen LogP contribution < -0.4 is 15.8 Å². The van der Waals surface area contributed by atoms with Crippen LogP contribution in [0.2, 0.25) is 5.02 Å². The van der Waals surface area contributed by atoms with E-state index in [4.69, 9.17) is 22.1 Å². The van der Waals surface area contributed by atoms with Gasteiger partial charge in [0.25, 0.3) is 10.0 Å². The predicted molar refractivity (Wildman–Crippen MR) is 117 cm³/mol. The third-order valence-electron chi connectivity index (χ3n) is 4.25. The molecule has 3 aromatic rings. The van der Waals surface area contributed by atoms with Gasteiger partial charge < -0.3 is 20.4 Å². The first-order valence-corrected chi connectivity index (χ1v) is 11.1. The number of ether oxygens (including phenoxy) is 1. The first-order valence-electron chi connectivity index (χ1n) is 8.49. The Kier molecular flexibility index (Phi) is 5.08. The number of nitrogens with zero attached hydrogens (tertiary/aromatic N) is 5. The second-order valence-corrected chi connectivity index (χ2v) is 9.33. The number of aromatic nitrogens is 3. The number of sulfonamides is 1. The van der Waals surface area contributed by atoms with E-state index in [0.717, 1.165) is 11.8 Å². The number of hydrogen-bond acceptors (Lipinski definition) is 7. The molecule has 30 heavy (non-hydrogen) atoms. The molecule has 3 N–H and O–H groups in total. The molecule has 13 heteroatoms. The van der Waals surface area contributed by atoms with Crippen molar-refractivity contribution < 1.29 is 13.2 Å². The lowest BCUT2D eigenvalue weighted by molar-refractivity contribution is 0.382. The number of aryl methyl sites for hydroxylation is 2.